The van der Waals surface area contributed by atoms with E-state index in [0.717, 1.165) is 21.1 Å². The third-order valence-electron chi connectivity index (χ3n) is 4.13. The molecule has 0 radical (unpaired) electrons. The van der Waals surface area contributed by atoms with Crippen molar-refractivity contribution >= 4 is 50.3 Å². The van der Waals surface area contributed by atoms with Gasteiger partial charge in [-0.25, -0.2) is 19.9 Å². The van der Waals surface area contributed by atoms with Crippen LogP contribution in [0.5, 0.6) is 0 Å². The second-order valence-electron chi connectivity index (χ2n) is 6.32. The van der Waals surface area contributed by atoms with E-state index in [1.165, 1.54) is 23.7 Å². The van der Waals surface area contributed by atoms with Gasteiger partial charge in [0, 0.05) is 21.9 Å². The maximum absolute atomic E-state index is 12.3. The number of aryl methyl sites for hydroxylation is 1. The molecule has 4 aromatic rings. The minimum absolute atomic E-state index is 0.110. The third kappa shape index (κ3) is 4.78. The Morgan fingerprint density at radius 3 is 2.55 bits per heavy atom. The predicted molar refractivity (Wildman–Crippen MR) is 119 cm³/mol. The lowest BCUT2D eigenvalue weighted by Gasteiger charge is -2.07. The largest absolute Gasteiger partial charge is 0.325 e. The van der Waals surface area contributed by atoms with E-state index in [0.29, 0.717) is 16.5 Å². The molecule has 2 aromatic heterocycles. The molecule has 0 saturated carbocycles. The summed E-state index contributed by atoms with van der Waals surface area (Å²) in [7, 11) is 0. The van der Waals surface area contributed by atoms with Crippen molar-refractivity contribution in [1.82, 2.24) is 19.9 Å². The normalized spacial score (nSPS) is 10.8. The first-order chi connectivity index (χ1) is 14.1. The van der Waals surface area contributed by atoms with Crippen molar-refractivity contribution in [2.75, 3.05) is 11.1 Å². The molecule has 0 unspecified atom stereocenters. The van der Waals surface area contributed by atoms with Gasteiger partial charge in [-0.1, -0.05) is 57.5 Å². The van der Waals surface area contributed by atoms with Crippen molar-refractivity contribution in [3.05, 3.63) is 71.1 Å². The first-order valence-electron chi connectivity index (χ1n) is 8.81. The van der Waals surface area contributed by atoms with Crippen LogP contribution >= 0.6 is 27.7 Å². The Bertz CT molecular complexity index is 1170. The van der Waals surface area contributed by atoms with Crippen LogP contribution in [0.25, 0.3) is 22.4 Å². The quantitative estimate of drug-likeness (QED) is 0.333. The number of nitrogens with one attached hydrogen (secondary N) is 1. The summed E-state index contributed by atoms with van der Waals surface area (Å²) in [5.74, 6) is 0.725. The van der Waals surface area contributed by atoms with Gasteiger partial charge in [0.2, 0.25) is 5.91 Å². The number of anilines is 1. The Morgan fingerprint density at radius 2 is 1.79 bits per heavy atom. The molecule has 0 bridgehead atoms. The van der Waals surface area contributed by atoms with Gasteiger partial charge in [0.1, 0.15) is 11.4 Å². The van der Waals surface area contributed by atoms with E-state index in [4.69, 9.17) is 0 Å². The van der Waals surface area contributed by atoms with Crippen LogP contribution in [-0.4, -0.2) is 31.6 Å². The van der Waals surface area contributed by atoms with Gasteiger partial charge in [-0.2, -0.15) is 0 Å². The number of nitrogens with zero attached hydrogens (tertiary/aromatic N) is 4. The Kier molecular flexibility index (Phi) is 5.82. The van der Waals surface area contributed by atoms with E-state index in [9.17, 15) is 4.79 Å². The number of thioether (sulfide) groups is 1. The highest BCUT2D eigenvalue weighted by Gasteiger charge is 2.11. The average molecular weight is 466 g/mol. The van der Waals surface area contributed by atoms with Crippen molar-refractivity contribution in [3.63, 3.8) is 0 Å². The molecule has 0 aliphatic carbocycles. The number of rotatable bonds is 5. The summed E-state index contributed by atoms with van der Waals surface area (Å²) in [6.07, 6.45) is 3.18. The van der Waals surface area contributed by atoms with Crippen molar-refractivity contribution in [2.45, 2.75) is 11.9 Å². The summed E-state index contributed by atoms with van der Waals surface area (Å²) in [6, 6.07) is 15.5. The van der Waals surface area contributed by atoms with Crippen LogP contribution in [0.2, 0.25) is 0 Å². The van der Waals surface area contributed by atoms with Crippen LogP contribution in [0.15, 0.2) is 70.6 Å². The lowest BCUT2D eigenvalue weighted by atomic mass is 10.1. The van der Waals surface area contributed by atoms with Crippen LogP contribution in [0.3, 0.4) is 0 Å². The predicted octanol–water partition coefficient (Wildman–Crippen LogP) is 4.89. The molecule has 0 spiro atoms. The number of benzene rings is 2. The number of amides is 1. The van der Waals surface area contributed by atoms with Crippen LogP contribution < -0.4 is 5.32 Å². The monoisotopic (exact) mass is 465 g/mol. The zero-order chi connectivity index (χ0) is 20.2. The van der Waals surface area contributed by atoms with E-state index in [-0.39, 0.29) is 11.7 Å². The van der Waals surface area contributed by atoms with Crippen molar-refractivity contribution in [3.8, 4) is 11.4 Å². The van der Waals surface area contributed by atoms with E-state index in [2.05, 4.69) is 41.2 Å². The summed E-state index contributed by atoms with van der Waals surface area (Å²) in [5, 5.41) is 4.27. The Morgan fingerprint density at radius 1 is 1.03 bits per heavy atom. The van der Waals surface area contributed by atoms with E-state index < -0.39 is 0 Å². The van der Waals surface area contributed by atoms with Gasteiger partial charge < -0.3 is 5.32 Å². The summed E-state index contributed by atoms with van der Waals surface area (Å²) >= 11 is 4.71. The van der Waals surface area contributed by atoms with E-state index >= 15 is 0 Å². The van der Waals surface area contributed by atoms with Gasteiger partial charge in [0.25, 0.3) is 0 Å². The lowest BCUT2D eigenvalue weighted by Crippen LogP contribution is -2.14. The van der Waals surface area contributed by atoms with Gasteiger partial charge in [0.05, 0.1) is 11.1 Å². The van der Waals surface area contributed by atoms with Crippen LogP contribution in [0, 0.1) is 6.92 Å². The molecule has 144 valence electrons. The molecule has 0 aliphatic heterocycles. The lowest BCUT2D eigenvalue weighted by molar-refractivity contribution is -0.113. The summed E-state index contributed by atoms with van der Waals surface area (Å²) in [5.41, 5.74) is 3.41. The van der Waals surface area contributed by atoms with Gasteiger partial charge in [-0.3, -0.25) is 4.79 Å². The summed E-state index contributed by atoms with van der Waals surface area (Å²) in [6.45, 7) is 2.04. The van der Waals surface area contributed by atoms with Crippen molar-refractivity contribution in [2.24, 2.45) is 0 Å². The number of hydrogen-bond donors (Lipinski definition) is 1. The number of carbonyl (C=O) groups is 1. The summed E-state index contributed by atoms with van der Waals surface area (Å²) < 4.78 is 0.960. The fourth-order valence-corrected chi connectivity index (χ4v) is 3.67. The van der Waals surface area contributed by atoms with Gasteiger partial charge >= 0.3 is 0 Å². The molecule has 4 rings (SSSR count). The molecule has 2 aromatic carbocycles. The standard InChI is InChI=1S/C21H16BrN5OS/c1-13-2-4-14(5-3-13)19-23-10-17-20(27-19)24-12-25-21(17)29-11-18(28)26-16-8-6-15(22)7-9-16/h2-10,12H,11H2,1H3,(H,26,28). The molecule has 8 heteroatoms. The van der Waals surface area contributed by atoms with E-state index in [1.54, 1.807) is 6.20 Å². The highest BCUT2D eigenvalue weighted by atomic mass is 79.9. The highest BCUT2D eigenvalue weighted by Crippen LogP contribution is 2.25. The molecule has 1 amide bonds. The topological polar surface area (TPSA) is 80.7 Å². The minimum atomic E-state index is -0.110. The minimum Gasteiger partial charge on any atom is -0.325 e. The van der Waals surface area contributed by atoms with Gasteiger partial charge in [-0.05, 0) is 31.2 Å². The van der Waals surface area contributed by atoms with Crippen LogP contribution in [0.1, 0.15) is 5.56 Å². The Labute approximate surface area is 180 Å². The number of aromatic nitrogens is 4. The van der Waals surface area contributed by atoms with Crippen molar-refractivity contribution in [1.29, 1.82) is 0 Å². The third-order valence-corrected chi connectivity index (χ3v) is 5.67. The number of fused-ring (bicyclic) bond motifs is 1. The first kappa shape index (κ1) is 19.5. The Hall–Kier alpha value is -2.84. The smallest absolute Gasteiger partial charge is 0.234 e. The van der Waals surface area contributed by atoms with Crippen LogP contribution in [0.4, 0.5) is 5.69 Å². The second kappa shape index (κ2) is 8.67. The number of hydrogen-bond acceptors (Lipinski definition) is 6. The fourth-order valence-electron chi connectivity index (χ4n) is 2.65. The maximum Gasteiger partial charge on any atom is 0.234 e. The molecule has 6 nitrogen and oxygen atoms in total. The summed E-state index contributed by atoms with van der Waals surface area (Å²) in [4.78, 5) is 29.8. The van der Waals surface area contributed by atoms with E-state index in [1.807, 2.05) is 55.5 Å². The molecular weight excluding hydrogens is 450 g/mol. The molecule has 2 heterocycles. The maximum atomic E-state index is 12.3. The average Bonchev–Trinajstić information content (AvgIpc) is 2.74. The molecular formula is C21H16BrN5OS. The first-order valence-corrected chi connectivity index (χ1v) is 10.6. The van der Waals surface area contributed by atoms with Gasteiger partial charge in [0.15, 0.2) is 11.5 Å². The number of carbonyl (C=O) groups excluding carboxylic acids is 1. The number of halogens is 1. The molecule has 0 aliphatic rings. The fraction of sp³-hybridized carbons (Fsp3) is 0.0952. The Balaban J connectivity index is 1.49. The molecule has 29 heavy (non-hydrogen) atoms. The molecule has 0 fully saturated rings. The highest BCUT2D eigenvalue weighted by molar-refractivity contribution is 9.10. The molecule has 1 N–H and O–H groups in total. The zero-order valence-electron chi connectivity index (χ0n) is 15.5. The SMILES string of the molecule is Cc1ccc(-c2ncc3c(SCC(=O)Nc4ccc(Br)cc4)ncnc3n2)cc1. The zero-order valence-corrected chi connectivity index (χ0v) is 17.9. The van der Waals surface area contributed by atoms with Crippen molar-refractivity contribution < 1.29 is 4.79 Å². The van der Waals surface area contributed by atoms with Crippen LogP contribution in [-0.2, 0) is 4.79 Å². The van der Waals surface area contributed by atoms with Gasteiger partial charge in [-0.15, -0.1) is 0 Å². The second-order valence-corrected chi connectivity index (χ2v) is 8.20. The molecule has 0 saturated heterocycles. The molecule has 0 atom stereocenters.